The third-order valence-corrected chi connectivity index (χ3v) is 5.57. The van der Waals surface area contributed by atoms with Crippen LogP contribution in [0.1, 0.15) is 10.9 Å². The normalized spacial score (nSPS) is 16.3. The van der Waals surface area contributed by atoms with Crippen molar-refractivity contribution in [2.45, 2.75) is 5.37 Å². The summed E-state index contributed by atoms with van der Waals surface area (Å²) < 4.78 is 10.7. The molecule has 2 aromatic rings. The first-order valence-corrected chi connectivity index (χ1v) is 9.77. The van der Waals surface area contributed by atoms with Crippen LogP contribution in [0.5, 0.6) is 11.5 Å². The van der Waals surface area contributed by atoms with E-state index in [2.05, 4.69) is 5.32 Å². The number of nitrogens with one attached hydrogen (secondary N) is 1. The van der Waals surface area contributed by atoms with Crippen molar-refractivity contribution >= 4 is 46.6 Å². The molecule has 0 unspecified atom stereocenters. The van der Waals surface area contributed by atoms with Crippen LogP contribution in [0.4, 0.5) is 11.4 Å². The van der Waals surface area contributed by atoms with Gasteiger partial charge in [0.05, 0.1) is 25.7 Å². The van der Waals surface area contributed by atoms with E-state index in [0.29, 0.717) is 28.6 Å². The maximum absolute atomic E-state index is 12.7. The lowest BCUT2D eigenvalue weighted by atomic mass is 10.1. The average molecular weight is 407 g/mol. The van der Waals surface area contributed by atoms with Crippen molar-refractivity contribution in [3.05, 3.63) is 48.0 Å². The molecule has 0 spiro atoms. The standard InChI is InChI=1S/C19H19ClN2O4S/c1-25-12-7-8-15(16(9-12)26-2)22-18(24)11-27-19(22)13-5-3-4-6-14(13)21-17(23)10-20/h3-9,19H,10-11H2,1-2H3,(H,21,23)/t19-/m0/s1. The molecule has 142 valence electrons. The maximum Gasteiger partial charge on any atom is 0.239 e. The summed E-state index contributed by atoms with van der Waals surface area (Å²) in [7, 11) is 3.12. The Bertz CT molecular complexity index is 861. The number of carbonyl (C=O) groups excluding carboxylic acids is 2. The molecular formula is C19H19ClN2O4S. The van der Waals surface area contributed by atoms with E-state index in [0.717, 1.165) is 5.56 Å². The Morgan fingerprint density at radius 3 is 2.74 bits per heavy atom. The molecule has 0 saturated carbocycles. The highest BCUT2D eigenvalue weighted by molar-refractivity contribution is 8.00. The lowest BCUT2D eigenvalue weighted by Crippen LogP contribution is -2.29. The van der Waals surface area contributed by atoms with Crippen LogP contribution in [-0.2, 0) is 9.59 Å². The van der Waals surface area contributed by atoms with E-state index in [-0.39, 0.29) is 23.1 Å². The number of carbonyl (C=O) groups is 2. The van der Waals surface area contributed by atoms with Gasteiger partial charge in [-0.15, -0.1) is 23.4 Å². The summed E-state index contributed by atoms with van der Waals surface area (Å²) in [5, 5.41) is 2.50. The van der Waals surface area contributed by atoms with Gasteiger partial charge in [0.15, 0.2) is 0 Å². The number of halogens is 1. The van der Waals surface area contributed by atoms with Gasteiger partial charge in [0, 0.05) is 17.3 Å². The molecule has 0 aliphatic carbocycles. The van der Waals surface area contributed by atoms with Gasteiger partial charge >= 0.3 is 0 Å². The van der Waals surface area contributed by atoms with Crippen molar-refractivity contribution in [1.82, 2.24) is 0 Å². The number of ether oxygens (including phenoxy) is 2. The van der Waals surface area contributed by atoms with Crippen molar-refractivity contribution in [1.29, 1.82) is 0 Å². The van der Waals surface area contributed by atoms with E-state index in [1.165, 1.54) is 11.8 Å². The zero-order valence-corrected chi connectivity index (χ0v) is 16.5. The van der Waals surface area contributed by atoms with E-state index >= 15 is 0 Å². The Morgan fingerprint density at radius 1 is 1.26 bits per heavy atom. The van der Waals surface area contributed by atoms with Crippen LogP contribution in [0.3, 0.4) is 0 Å². The van der Waals surface area contributed by atoms with Crippen LogP contribution < -0.4 is 19.7 Å². The van der Waals surface area contributed by atoms with Gasteiger partial charge in [-0.2, -0.15) is 0 Å². The van der Waals surface area contributed by atoms with Gasteiger partial charge < -0.3 is 14.8 Å². The number of nitrogens with zero attached hydrogens (tertiary/aromatic N) is 1. The number of anilines is 2. The van der Waals surface area contributed by atoms with E-state index in [4.69, 9.17) is 21.1 Å². The summed E-state index contributed by atoms with van der Waals surface area (Å²) in [6.07, 6.45) is 0. The Labute approximate surface area is 166 Å². The molecular weight excluding hydrogens is 388 g/mol. The van der Waals surface area contributed by atoms with E-state index < -0.39 is 0 Å². The van der Waals surface area contributed by atoms with Crippen LogP contribution in [-0.4, -0.2) is 37.7 Å². The number of hydrogen-bond acceptors (Lipinski definition) is 5. The first-order valence-electron chi connectivity index (χ1n) is 8.19. The van der Waals surface area contributed by atoms with Crippen LogP contribution >= 0.6 is 23.4 Å². The van der Waals surface area contributed by atoms with Crippen molar-refractivity contribution in [2.75, 3.05) is 36.1 Å². The van der Waals surface area contributed by atoms with Gasteiger partial charge in [0.2, 0.25) is 11.8 Å². The minimum absolute atomic E-state index is 0.0352. The minimum atomic E-state index is -0.299. The first-order chi connectivity index (χ1) is 13.1. The van der Waals surface area contributed by atoms with Gasteiger partial charge in [-0.25, -0.2) is 0 Å². The predicted octanol–water partition coefficient (Wildman–Crippen LogP) is 3.66. The van der Waals surface area contributed by atoms with Crippen LogP contribution in [0.15, 0.2) is 42.5 Å². The van der Waals surface area contributed by atoms with Crippen LogP contribution in [0.25, 0.3) is 0 Å². The molecule has 27 heavy (non-hydrogen) atoms. The topological polar surface area (TPSA) is 67.9 Å². The quantitative estimate of drug-likeness (QED) is 0.741. The fraction of sp³-hybridized carbons (Fsp3) is 0.263. The Balaban J connectivity index is 2.03. The molecule has 0 bridgehead atoms. The van der Waals surface area contributed by atoms with Crippen molar-refractivity contribution in [3.8, 4) is 11.5 Å². The smallest absolute Gasteiger partial charge is 0.239 e. The number of hydrogen-bond donors (Lipinski definition) is 1. The largest absolute Gasteiger partial charge is 0.497 e. The molecule has 1 aliphatic heterocycles. The SMILES string of the molecule is COc1ccc(N2C(=O)CS[C@H]2c2ccccc2NC(=O)CCl)c(OC)c1. The summed E-state index contributed by atoms with van der Waals surface area (Å²) in [5.41, 5.74) is 2.11. The van der Waals surface area contributed by atoms with Gasteiger partial charge in [0.1, 0.15) is 22.8 Å². The molecule has 1 heterocycles. The number of amides is 2. The molecule has 3 rings (SSSR count). The molecule has 6 nitrogen and oxygen atoms in total. The number of alkyl halides is 1. The highest BCUT2D eigenvalue weighted by Crippen LogP contribution is 2.47. The third kappa shape index (κ3) is 3.99. The molecule has 2 amide bonds. The summed E-state index contributed by atoms with van der Waals surface area (Å²) in [5.74, 6) is 1.04. The van der Waals surface area contributed by atoms with Gasteiger partial charge in [0.25, 0.3) is 0 Å². The molecule has 0 aromatic heterocycles. The summed E-state index contributed by atoms with van der Waals surface area (Å²) >= 11 is 7.11. The maximum atomic E-state index is 12.7. The Morgan fingerprint density at radius 2 is 2.04 bits per heavy atom. The number of rotatable bonds is 6. The number of thioether (sulfide) groups is 1. The molecule has 2 aromatic carbocycles. The van der Waals surface area contributed by atoms with E-state index in [1.54, 1.807) is 43.4 Å². The second-order valence-corrected chi connectivity index (χ2v) is 7.07. The molecule has 1 saturated heterocycles. The number of benzene rings is 2. The molecule has 1 N–H and O–H groups in total. The third-order valence-electron chi connectivity index (χ3n) is 4.14. The highest BCUT2D eigenvalue weighted by Gasteiger charge is 2.37. The van der Waals surface area contributed by atoms with E-state index in [9.17, 15) is 9.59 Å². The van der Waals surface area contributed by atoms with Gasteiger partial charge in [-0.1, -0.05) is 18.2 Å². The van der Waals surface area contributed by atoms with Crippen molar-refractivity contribution in [3.63, 3.8) is 0 Å². The summed E-state index contributed by atoms with van der Waals surface area (Å²) in [4.78, 5) is 26.1. The highest BCUT2D eigenvalue weighted by atomic mass is 35.5. The number of para-hydroxylation sites is 1. The fourth-order valence-corrected chi connectivity index (χ4v) is 4.18. The van der Waals surface area contributed by atoms with Gasteiger partial charge in [-0.05, 0) is 18.2 Å². The van der Waals surface area contributed by atoms with E-state index in [1.807, 2.05) is 18.2 Å². The monoisotopic (exact) mass is 406 g/mol. The van der Waals surface area contributed by atoms with Crippen LogP contribution in [0, 0.1) is 0 Å². The lowest BCUT2D eigenvalue weighted by Gasteiger charge is -2.27. The Hall–Kier alpha value is -2.38. The molecule has 1 fully saturated rings. The molecule has 1 atom stereocenters. The molecule has 0 radical (unpaired) electrons. The number of methoxy groups -OCH3 is 2. The Kier molecular flexibility index (Phi) is 6.13. The molecule has 8 heteroatoms. The lowest BCUT2D eigenvalue weighted by molar-refractivity contribution is -0.116. The molecule has 1 aliphatic rings. The average Bonchev–Trinajstić information content (AvgIpc) is 3.08. The van der Waals surface area contributed by atoms with Gasteiger partial charge in [-0.3, -0.25) is 14.5 Å². The zero-order valence-electron chi connectivity index (χ0n) is 14.9. The fourth-order valence-electron chi connectivity index (χ4n) is 2.91. The van der Waals surface area contributed by atoms with Crippen molar-refractivity contribution in [2.24, 2.45) is 0 Å². The zero-order chi connectivity index (χ0) is 19.4. The van der Waals surface area contributed by atoms with Crippen molar-refractivity contribution < 1.29 is 19.1 Å². The summed E-state index contributed by atoms with van der Waals surface area (Å²) in [6, 6.07) is 12.7. The minimum Gasteiger partial charge on any atom is -0.497 e. The van der Waals surface area contributed by atoms with Crippen LogP contribution in [0.2, 0.25) is 0 Å². The summed E-state index contributed by atoms with van der Waals surface area (Å²) in [6.45, 7) is 0. The second-order valence-electron chi connectivity index (χ2n) is 5.73. The first kappa shape index (κ1) is 19.4. The predicted molar refractivity (Wildman–Crippen MR) is 108 cm³/mol. The second kappa shape index (κ2) is 8.54.